The van der Waals surface area contributed by atoms with Crippen LogP contribution in [0.2, 0.25) is 10.0 Å². The van der Waals surface area contributed by atoms with Crippen LogP contribution < -0.4 is 14.8 Å². The van der Waals surface area contributed by atoms with Crippen LogP contribution in [-0.2, 0) is 6.54 Å². The molecule has 1 aromatic heterocycles. The van der Waals surface area contributed by atoms with E-state index in [2.05, 4.69) is 28.9 Å². The van der Waals surface area contributed by atoms with E-state index in [4.69, 9.17) is 37.7 Å². The highest BCUT2D eigenvalue weighted by Gasteiger charge is 2.20. The van der Waals surface area contributed by atoms with Gasteiger partial charge in [0.1, 0.15) is 11.5 Å². The van der Waals surface area contributed by atoms with Gasteiger partial charge in [0.15, 0.2) is 5.16 Å². The normalized spacial score (nSPS) is 10.9. The largest absolute Gasteiger partial charge is 0.497 e. The van der Waals surface area contributed by atoms with Crippen molar-refractivity contribution in [1.82, 2.24) is 14.9 Å². The SMILES string of the molecule is CCCn1c(SCCCNC(=O)c2ccc(Cl)c(Cl)c2)nc(-c2ccc(OC)cc2)c1-c1ccc(OC)cc1. The number of hydrogen-bond donors (Lipinski definition) is 1. The molecule has 0 aliphatic rings. The number of imidazole rings is 1. The van der Waals surface area contributed by atoms with Gasteiger partial charge in [-0.15, -0.1) is 0 Å². The quantitative estimate of drug-likeness (QED) is 0.136. The number of ether oxygens (including phenoxy) is 2. The molecule has 1 N–H and O–H groups in total. The molecular weight excluding hydrogens is 553 g/mol. The van der Waals surface area contributed by atoms with Crippen LogP contribution in [0.3, 0.4) is 0 Å². The zero-order chi connectivity index (χ0) is 27.8. The maximum Gasteiger partial charge on any atom is 0.251 e. The third-order valence-electron chi connectivity index (χ3n) is 6.13. The van der Waals surface area contributed by atoms with Crippen molar-refractivity contribution in [3.63, 3.8) is 0 Å². The Labute approximate surface area is 243 Å². The fraction of sp³-hybridized carbons (Fsp3) is 0.267. The van der Waals surface area contributed by atoms with Gasteiger partial charge in [0.25, 0.3) is 5.91 Å². The third-order valence-corrected chi connectivity index (χ3v) is 7.93. The number of aromatic nitrogens is 2. The summed E-state index contributed by atoms with van der Waals surface area (Å²) in [5, 5.41) is 4.70. The Hall–Kier alpha value is -3.13. The van der Waals surface area contributed by atoms with Gasteiger partial charge in [0.2, 0.25) is 0 Å². The van der Waals surface area contributed by atoms with Crippen LogP contribution in [0.1, 0.15) is 30.1 Å². The first-order chi connectivity index (χ1) is 18.9. The Morgan fingerprint density at radius 3 is 2.15 bits per heavy atom. The molecule has 0 bridgehead atoms. The van der Waals surface area contributed by atoms with Gasteiger partial charge in [-0.25, -0.2) is 4.98 Å². The Kier molecular flexibility index (Phi) is 10.2. The molecular formula is C30H31Cl2N3O3S. The van der Waals surface area contributed by atoms with Crippen molar-refractivity contribution < 1.29 is 14.3 Å². The second-order valence-corrected chi connectivity index (χ2v) is 10.7. The second kappa shape index (κ2) is 13.8. The predicted molar refractivity (Wildman–Crippen MR) is 161 cm³/mol. The minimum atomic E-state index is -0.172. The van der Waals surface area contributed by atoms with E-state index in [1.54, 1.807) is 44.2 Å². The fourth-order valence-electron chi connectivity index (χ4n) is 4.14. The monoisotopic (exact) mass is 583 g/mol. The summed E-state index contributed by atoms with van der Waals surface area (Å²) in [4.78, 5) is 17.6. The molecule has 0 saturated heterocycles. The Morgan fingerprint density at radius 1 is 0.923 bits per heavy atom. The molecule has 4 rings (SSSR count). The van der Waals surface area contributed by atoms with Crippen LogP contribution in [0.15, 0.2) is 71.9 Å². The van der Waals surface area contributed by atoms with Gasteiger partial charge in [-0.05, 0) is 79.6 Å². The molecule has 0 unspecified atom stereocenters. The topological polar surface area (TPSA) is 65.4 Å². The minimum Gasteiger partial charge on any atom is -0.497 e. The van der Waals surface area contributed by atoms with Crippen LogP contribution in [0.25, 0.3) is 22.5 Å². The average molecular weight is 585 g/mol. The standard InChI is InChI=1S/C30H31Cl2N3O3S/c1-4-17-35-28(21-8-13-24(38-3)14-9-21)27(20-6-11-23(37-2)12-7-20)34-30(35)39-18-5-16-33-29(36)22-10-15-25(31)26(32)19-22/h6-15,19H,4-5,16-18H2,1-3H3,(H,33,36). The summed E-state index contributed by atoms with van der Waals surface area (Å²) >= 11 is 13.7. The zero-order valence-corrected chi connectivity index (χ0v) is 24.5. The molecule has 0 radical (unpaired) electrons. The molecule has 9 heteroatoms. The molecule has 3 aromatic carbocycles. The van der Waals surface area contributed by atoms with Crippen LogP contribution in [0.4, 0.5) is 0 Å². The minimum absolute atomic E-state index is 0.172. The molecule has 0 aliphatic heterocycles. The van der Waals surface area contributed by atoms with Crippen LogP contribution in [0.5, 0.6) is 11.5 Å². The number of nitrogens with one attached hydrogen (secondary N) is 1. The summed E-state index contributed by atoms with van der Waals surface area (Å²) in [6.45, 7) is 3.54. The van der Waals surface area contributed by atoms with Gasteiger partial charge in [-0.3, -0.25) is 4.79 Å². The lowest BCUT2D eigenvalue weighted by Crippen LogP contribution is -2.24. The van der Waals surface area contributed by atoms with Crippen molar-refractivity contribution in [2.45, 2.75) is 31.5 Å². The Balaban J connectivity index is 1.53. The molecule has 6 nitrogen and oxygen atoms in total. The second-order valence-electron chi connectivity index (χ2n) is 8.79. The van der Waals surface area contributed by atoms with Gasteiger partial charge in [0.05, 0.1) is 35.7 Å². The van der Waals surface area contributed by atoms with E-state index in [9.17, 15) is 4.79 Å². The maximum atomic E-state index is 12.5. The van der Waals surface area contributed by atoms with Crippen molar-refractivity contribution >= 4 is 40.9 Å². The number of nitrogens with zero attached hydrogens (tertiary/aromatic N) is 2. The number of benzene rings is 3. The van der Waals surface area contributed by atoms with Gasteiger partial charge >= 0.3 is 0 Å². The first-order valence-electron chi connectivity index (χ1n) is 12.7. The Bertz CT molecular complexity index is 1410. The van der Waals surface area contributed by atoms with E-state index in [1.165, 1.54) is 0 Å². The molecule has 0 fully saturated rings. The predicted octanol–water partition coefficient (Wildman–Crippen LogP) is 7.86. The van der Waals surface area contributed by atoms with Gasteiger partial charge < -0.3 is 19.4 Å². The highest BCUT2D eigenvalue weighted by Crippen LogP contribution is 2.37. The molecule has 0 aliphatic carbocycles. The molecule has 39 heavy (non-hydrogen) atoms. The highest BCUT2D eigenvalue weighted by atomic mass is 35.5. The molecule has 1 amide bonds. The van der Waals surface area contributed by atoms with Crippen LogP contribution in [-0.4, -0.2) is 42.0 Å². The number of rotatable bonds is 12. The maximum absolute atomic E-state index is 12.5. The van der Waals surface area contributed by atoms with E-state index < -0.39 is 0 Å². The van der Waals surface area contributed by atoms with E-state index in [-0.39, 0.29) is 5.91 Å². The fourth-order valence-corrected chi connectivity index (χ4v) is 5.41. The van der Waals surface area contributed by atoms with Crippen molar-refractivity contribution in [2.75, 3.05) is 26.5 Å². The molecule has 0 atom stereocenters. The molecule has 0 saturated carbocycles. The summed E-state index contributed by atoms with van der Waals surface area (Å²) in [5.74, 6) is 2.24. The number of methoxy groups -OCH3 is 2. The summed E-state index contributed by atoms with van der Waals surface area (Å²) < 4.78 is 13.0. The molecule has 204 valence electrons. The average Bonchev–Trinajstić information content (AvgIpc) is 3.32. The van der Waals surface area contributed by atoms with Crippen molar-refractivity contribution in [1.29, 1.82) is 0 Å². The lowest BCUT2D eigenvalue weighted by atomic mass is 10.0. The lowest BCUT2D eigenvalue weighted by Gasteiger charge is -2.13. The third kappa shape index (κ3) is 7.10. The number of thioether (sulfide) groups is 1. The van der Waals surface area contributed by atoms with Crippen LogP contribution >= 0.6 is 35.0 Å². The Morgan fingerprint density at radius 2 is 1.56 bits per heavy atom. The summed E-state index contributed by atoms with van der Waals surface area (Å²) in [6.07, 6.45) is 1.75. The number of carbonyl (C=O) groups excluding carboxylic acids is 1. The number of carbonyl (C=O) groups is 1. The first kappa shape index (κ1) is 28.9. The first-order valence-corrected chi connectivity index (χ1v) is 14.4. The van der Waals surface area contributed by atoms with Crippen molar-refractivity contribution in [3.8, 4) is 34.0 Å². The van der Waals surface area contributed by atoms with Gasteiger partial charge in [-0.1, -0.05) is 41.9 Å². The number of hydrogen-bond acceptors (Lipinski definition) is 5. The highest BCUT2D eigenvalue weighted by molar-refractivity contribution is 7.99. The van der Waals surface area contributed by atoms with E-state index >= 15 is 0 Å². The molecule has 1 heterocycles. The van der Waals surface area contributed by atoms with E-state index in [1.807, 2.05) is 36.4 Å². The number of halogens is 2. The summed E-state index contributed by atoms with van der Waals surface area (Å²) in [5.41, 5.74) is 4.58. The van der Waals surface area contributed by atoms with Gasteiger partial charge in [0, 0.05) is 35.5 Å². The molecule has 4 aromatic rings. The number of amides is 1. The summed E-state index contributed by atoms with van der Waals surface area (Å²) in [7, 11) is 3.33. The lowest BCUT2D eigenvalue weighted by molar-refractivity contribution is 0.0954. The van der Waals surface area contributed by atoms with E-state index in [0.29, 0.717) is 22.2 Å². The smallest absolute Gasteiger partial charge is 0.251 e. The zero-order valence-electron chi connectivity index (χ0n) is 22.2. The van der Waals surface area contributed by atoms with Crippen molar-refractivity contribution in [3.05, 3.63) is 82.3 Å². The summed E-state index contributed by atoms with van der Waals surface area (Å²) in [6, 6.07) is 20.9. The van der Waals surface area contributed by atoms with Crippen LogP contribution in [0, 0.1) is 0 Å². The molecule has 0 spiro atoms. The van der Waals surface area contributed by atoms with Crippen molar-refractivity contribution in [2.24, 2.45) is 0 Å². The van der Waals surface area contributed by atoms with Gasteiger partial charge in [-0.2, -0.15) is 0 Å². The van der Waals surface area contributed by atoms with E-state index in [0.717, 1.165) is 64.3 Å².